The first-order valence-electron chi connectivity index (χ1n) is 12.5. The number of hydrogen-bond donors (Lipinski definition) is 3. The number of nitrogens with two attached hydrogens (primary N) is 2. The number of imidazole rings is 1. The maximum atomic E-state index is 14.3. The highest BCUT2D eigenvalue weighted by Gasteiger charge is 2.42. The lowest BCUT2D eigenvalue weighted by atomic mass is 9.87. The minimum absolute atomic E-state index is 0. The number of halogens is 6. The molecule has 0 radical (unpaired) electrons. The van der Waals surface area contributed by atoms with Crippen molar-refractivity contribution in [2.75, 3.05) is 11.1 Å². The van der Waals surface area contributed by atoms with Crippen molar-refractivity contribution >= 4 is 58.7 Å². The fourth-order valence-electron chi connectivity index (χ4n) is 4.50. The zero-order valence-corrected chi connectivity index (χ0v) is 25.0. The second-order valence-corrected chi connectivity index (χ2v) is 10.8. The molecule has 0 aliphatic carbocycles. The summed E-state index contributed by atoms with van der Waals surface area (Å²) in [4.78, 5) is 29.5. The molecule has 43 heavy (non-hydrogen) atoms. The lowest BCUT2D eigenvalue weighted by molar-refractivity contribution is -0.119. The van der Waals surface area contributed by atoms with Gasteiger partial charge in [0.15, 0.2) is 17.5 Å². The first kappa shape index (κ1) is 32.0. The fraction of sp³-hybridized carbons (Fsp3) is 0.179. The van der Waals surface area contributed by atoms with Crippen molar-refractivity contribution in [3.05, 3.63) is 98.9 Å². The summed E-state index contributed by atoms with van der Waals surface area (Å²) in [5.41, 5.74) is 12.2. The van der Waals surface area contributed by atoms with Crippen LogP contribution in [0.1, 0.15) is 36.5 Å². The summed E-state index contributed by atoms with van der Waals surface area (Å²) in [7, 11) is 0. The van der Waals surface area contributed by atoms with Crippen LogP contribution < -0.4 is 16.8 Å². The van der Waals surface area contributed by atoms with Gasteiger partial charge in [-0.1, -0.05) is 23.2 Å². The minimum atomic E-state index is -1.29. The second kappa shape index (κ2) is 12.3. The third kappa shape index (κ3) is 6.09. The van der Waals surface area contributed by atoms with Crippen molar-refractivity contribution in [2.24, 2.45) is 5.73 Å². The van der Waals surface area contributed by atoms with Crippen LogP contribution in [0.3, 0.4) is 0 Å². The van der Waals surface area contributed by atoms with Gasteiger partial charge in [0.25, 0.3) is 0 Å². The number of pyridine rings is 2. The van der Waals surface area contributed by atoms with Gasteiger partial charge in [0, 0.05) is 30.9 Å². The average molecular weight is 652 g/mol. The van der Waals surface area contributed by atoms with E-state index in [9.17, 15) is 18.0 Å². The molecule has 0 saturated heterocycles. The van der Waals surface area contributed by atoms with Gasteiger partial charge in [-0.25, -0.2) is 28.1 Å². The number of benzene rings is 1. The summed E-state index contributed by atoms with van der Waals surface area (Å²) in [6.45, 7) is 3.89. The molecule has 9 nitrogen and oxygen atoms in total. The molecule has 0 atom stereocenters. The lowest BCUT2D eigenvalue weighted by Crippen LogP contribution is -2.27. The molecule has 0 spiro atoms. The topological polar surface area (TPSA) is 137 Å². The summed E-state index contributed by atoms with van der Waals surface area (Å²) in [5.74, 6) is -2.97. The zero-order chi connectivity index (χ0) is 30.3. The summed E-state index contributed by atoms with van der Waals surface area (Å²) >= 11 is 11.7. The van der Waals surface area contributed by atoms with Crippen molar-refractivity contribution in [3.8, 4) is 11.5 Å². The predicted molar refractivity (Wildman–Crippen MR) is 161 cm³/mol. The maximum Gasteiger partial charge on any atom is 0.235 e. The zero-order valence-electron chi connectivity index (χ0n) is 22.6. The van der Waals surface area contributed by atoms with Gasteiger partial charge in [0.05, 0.1) is 32.2 Å². The number of fused-ring (bicyclic) bond motifs is 2. The van der Waals surface area contributed by atoms with Gasteiger partial charge in [0.1, 0.15) is 29.0 Å². The molecule has 6 rings (SSSR count). The Labute approximate surface area is 259 Å². The Balaban J connectivity index is 0.000000365. The highest BCUT2D eigenvalue weighted by Crippen LogP contribution is 2.40. The summed E-state index contributed by atoms with van der Waals surface area (Å²) in [6.07, 6.45) is 2.74. The van der Waals surface area contributed by atoms with Crippen LogP contribution in [-0.4, -0.2) is 30.2 Å². The van der Waals surface area contributed by atoms with Crippen LogP contribution in [0.25, 0.3) is 17.0 Å². The molecule has 4 aromatic heterocycles. The van der Waals surface area contributed by atoms with E-state index in [1.165, 1.54) is 10.6 Å². The van der Waals surface area contributed by atoms with Crippen LogP contribution in [0, 0.1) is 17.5 Å². The molecule has 1 aliphatic heterocycles. The van der Waals surface area contributed by atoms with Crippen LogP contribution in [0.5, 0.6) is 0 Å². The van der Waals surface area contributed by atoms with Gasteiger partial charge in [-0.05, 0) is 50.2 Å². The van der Waals surface area contributed by atoms with E-state index in [1.807, 2.05) is 6.07 Å². The van der Waals surface area contributed by atoms with E-state index in [0.717, 1.165) is 17.8 Å². The molecule has 0 bridgehead atoms. The van der Waals surface area contributed by atoms with Crippen molar-refractivity contribution < 1.29 is 18.0 Å². The van der Waals surface area contributed by atoms with Crippen molar-refractivity contribution in [3.63, 3.8) is 0 Å². The van der Waals surface area contributed by atoms with E-state index in [4.69, 9.17) is 34.7 Å². The van der Waals surface area contributed by atoms with Crippen LogP contribution >= 0.6 is 35.6 Å². The van der Waals surface area contributed by atoms with Gasteiger partial charge in [-0.15, -0.1) is 12.4 Å². The molecular weight excluding hydrogens is 628 g/mol. The number of nitrogen functional groups attached to an aromatic ring is 1. The molecule has 5 aromatic rings. The quantitative estimate of drug-likeness (QED) is 0.207. The number of nitrogens with one attached hydrogen (secondary N) is 1. The molecule has 5 N–H and O–H groups in total. The smallest absolute Gasteiger partial charge is 0.235 e. The molecular formula is C28H24Cl3F3N8O. The monoisotopic (exact) mass is 650 g/mol. The standard InChI is InChI=1S/C22H16ClF3N6O.C6H7ClN2.ClH/c1-22(2)15-18(27)29-20(30-19(15)31-21(22)33)17-13-6-3-9(23)8-32(13)14(28-17)7-10-11(24)4-5-12(25)16(10)26;7-5-1-2-6(3-8)9-4-5;/h3-6,8H,7H2,1-2H3,(H3,27,29,30,31,33);1-2,4H,3,8H2;1H. The molecule has 15 heteroatoms. The Kier molecular flexibility index (Phi) is 9.16. The Hall–Kier alpha value is -3.97. The van der Waals surface area contributed by atoms with Crippen molar-refractivity contribution in [1.29, 1.82) is 0 Å². The third-order valence-electron chi connectivity index (χ3n) is 6.72. The van der Waals surface area contributed by atoms with E-state index < -0.39 is 28.4 Å². The van der Waals surface area contributed by atoms with Gasteiger partial charge in [-0.3, -0.25) is 9.78 Å². The van der Waals surface area contributed by atoms with Crippen LogP contribution in [0.2, 0.25) is 10.0 Å². The van der Waals surface area contributed by atoms with Crippen LogP contribution in [-0.2, 0) is 23.2 Å². The number of anilines is 2. The molecule has 5 heterocycles. The Morgan fingerprint density at radius 3 is 2.35 bits per heavy atom. The predicted octanol–water partition coefficient (Wildman–Crippen LogP) is 5.88. The molecule has 0 saturated carbocycles. The molecule has 1 amide bonds. The highest BCUT2D eigenvalue weighted by molar-refractivity contribution is 6.30. The highest BCUT2D eigenvalue weighted by atomic mass is 35.5. The first-order valence-corrected chi connectivity index (χ1v) is 13.3. The van der Waals surface area contributed by atoms with Gasteiger partial charge in [-0.2, -0.15) is 0 Å². The fourth-order valence-corrected chi connectivity index (χ4v) is 4.77. The molecule has 0 fully saturated rings. The number of amides is 1. The van der Waals surface area contributed by atoms with E-state index in [0.29, 0.717) is 27.7 Å². The SMILES string of the molecule is CC1(C)C(=O)Nc2nc(-c3nc(Cc4c(F)ccc(F)c4F)n4cc(Cl)ccc34)nc(N)c21.Cl.NCc1ccc(Cl)cn1. The van der Waals surface area contributed by atoms with Crippen LogP contribution in [0.4, 0.5) is 24.8 Å². The Morgan fingerprint density at radius 2 is 1.67 bits per heavy atom. The third-order valence-corrected chi connectivity index (χ3v) is 7.17. The van der Waals surface area contributed by atoms with Gasteiger partial charge >= 0.3 is 0 Å². The number of hydrogen-bond acceptors (Lipinski definition) is 7. The summed E-state index contributed by atoms with van der Waals surface area (Å²) in [5, 5.41) is 3.69. The normalized spacial score (nSPS) is 13.2. The molecule has 224 valence electrons. The van der Waals surface area contributed by atoms with E-state index in [1.54, 1.807) is 38.2 Å². The minimum Gasteiger partial charge on any atom is -0.383 e. The van der Waals surface area contributed by atoms with Gasteiger partial charge in [0.2, 0.25) is 5.91 Å². The number of aromatic nitrogens is 5. The maximum absolute atomic E-state index is 14.3. The van der Waals surface area contributed by atoms with Crippen molar-refractivity contribution in [1.82, 2.24) is 24.3 Å². The molecule has 1 aromatic carbocycles. The van der Waals surface area contributed by atoms with E-state index >= 15 is 0 Å². The lowest BCUT2D eigenvalue weighted by Gasteiger charge is -2.16. The first-order chi connectivity index (χ1) is 19.9. The number of rotatable bonds is 4. The Bertz CT molecular complexity index is 1850. The number of carbonyl (C=O) groups is 1. The summed E-state index contributed by atoms with van der Waals surface area (Å²) in [6, 6.07) is 8.40. The molecule has 0 unspecified atom stereocenters. The largest absolute Gasteiger partial charge is 0.383 e. The Morgan fingerprint density at radius 1 is 0.977 bits per heavy atom. The van der Waals surface area contributed by atoms with E-state index in [-0.39, 0.29) is 53.7 Å². The molecule has 1 aliphatic rings. The van der Waals surface area contributed by atoms with Crippen LogP contribution in [0.15, 0.2) is 48.8 Å². The number of nitrogens with zero attached hydrogens (tertiary/aromatic N) is 5. The average Bonchev–Trinajstić information content (AvgIpc) is 3.42. The summed E-state index contributed by atoms with van der Waals surface area (Å²) < 4.78 is 43.8. The second-order valence-electron chi connectivity index (χ2n) is 9.88. The van der Waals surface area contributed by atoms with E-state index in [2.05, 4.69) is 25.3 Å². The number of carbonyl (C=O) groups excluding carboxylic acids is 1. The van der Waals surface area contributed by atoms with Gasteiger partial charge < -0.3 is 21.2 Å². The van der Waals surface area contributed by atoms with Crippen molar-refractivity contribution in [2.45, 2.75) is 32.2 Å².